The Labute approximate surface area is 57.7 Å². The molecule has 54 valence electrons. The Kier molecular flexibility index (Phi) is 2.35. The highest BCUT2D eigenvalue weighted by Gasteiger charge is 2.33. The lowest BCUT2D eigenvalue weighted by molar-refractivity contribution is 0.0326. The first-order valence-electron chi connectivity index (χ1n) is 2.84. The molecule has 1 fully saturated rings. The van der Waals surface area contributed by atoms with Crippen molar-refractivity contribution in [2.75, 3.05) is 12.4 Å². The molecule has 1 aliphatic heterocycles. The summed E-state index contributed by atoms with van der Waals surface area (Å²) in [6.45, 7) is -0.0527. The van der Waals surface area contributed by atoms with Gasteiger partial charge in [0.2, 0.25) is 0 Å². The van der Waals surface area contributed by atoms with Crippen LogP contribution in [-0.4, -0.2) is 45.1 Å². The summed E-state index contributed by atoms with van der Waals surface area (Å²) in [5.74, 6) is 0.534. The SMILES string of the molecule is OC[C@H]1SCC(O)[C@@H]1O. The van der Waals surface area contributed by atoms with Crippen molar-refractivity contribution in [1.82, 2.24) is 0 Å². The van der Waals surface area contributed by atoms with E-state index in [1.165, 1.54) is 11.8 Å². The molecule has 0 saturated carbocycles. The summed E-state index contributed by atoms with van der Waals surface area (Å²) in [6.07, 6.45) is -1.38. The average molecular weight is 150 g/mol. The largest absolute Gasteiger partial charge is 0.395 e. The fourth-order valence-electron chi connectivity index (χ4n) is 0.828. The Hall–Kier alpha value is 0.230. The second-order valence-electron chi connectivity index (χ2n) is 2.11. The summed E-state index contributed by atoms with van der Waals surface area (Å²) in [4.78, 5) is 0. The Morgan fingerprint density at radius 2 is 2.11 bits per heavy atom. The molecule has 1 heterocycles. The molecule has 1 saturated heterocycles. The van der Waals surface area contributed by atoms with E-state index < -0.39 is 12.2 Å². The molecule has 0 aromatic heterocycles. The van der Waals surface area contributed by atoms with E-state index in [2.05, 4.69) is 0 Å². The van der Waals surface area contributed by atoms with Crippen LogP contribution in [0.4, 0.5) is 0 Å². The van der Waals surface area contributed by atoms with Gasteiger partial charge < -0.3 is 15.3 Å². The highest BCUT2D eigenvalue weighted by Crippen LogP contribution is 2.26. The number of hydrogen-bond donors (Lipinski definition) is 3. The maximum atomic E-state index is 9.03. The van der Waals surface area contributed by atoms with Crippen molar-refractivity contribution in [2.24, 2.45) is 0 Å². The molecular weight excluding hydrogens is 140 g/mol. The summed E-state index contributed by atoms with van der Waals surface area (Å²) < 4.78 is 0. The fourth-order valence-corrected chi connectivity index (χ4v) is 1.95. The summed E-state index contributed by atoms with van der Waals surface area (Å²) in [7, 11) is 0. The van der Waals surface area contributed by atoms with Crippen LogP contribution in [0.5, 0.6) is 0 Å². The van der Waals surface area contributed by atoms with E-state index >= 15 is 0 Å². The monoisotopic (exact) mass is 150 g/mol. The third-order valence-electron chi connectivity index (χ3n) is 1.44. The Morgan fingerprint density at radius 3 is 2.33 bits per heavy atom. The lowest BCUT2D eigenvalue weighted by Crippen LogP contribution is -2.30. The minimum Gasteiger partial charge on any atom is -0.395 e. The van der Waals surface area contributed by atoms with Gasteiger partial charge in [0.1, 0.15) is 0 Å². The van der Waals surface area contributed by atoms with Gasteiger partial charge in [-0.3, -0.25) is 0 Å². The highest BCUT2D eigenvalue weighted by atomic mass is 32.2. The first kappa shape index (κ1) is 7.34. The minimum absolute atomic E-state index is 0.0527. The molecule has 0 aliphatic carbocycles. The van der Waals surface area contributed by atoms with E-state index in [1.54, 1.807) is 0 Å². The Bertz CT molecular complexity index is 98.2. The molecule has 3 N–H and O–H groups in total. The van der Waals surface area contributed by atoms with Crippen LogP contribution < -0.4 is 0 Å². The van der Waals surface area contributed by atoms with E-state index in [1.807, 2.05) is 0 Å². The fraction of sp³-hybridized carbons (Fsp3) is 1.00. The molecule has 0 spiro atoms. The minimum atomic E-state index is -0.736. The number of rotatable bonds is 1. The van der Waals surface area contributed by atoms with Gasteiger partial charge in [-0.05, 0) is 0 Å². The predicted octanol–water partition coefficient (Wildman–Crippen LogP) is -1.18. The van der Waals surface area contributed by atoms with Gasteiger partial charge in [0.05, 0.1) is 24.1 Å². The maximum absolute atomic E-state index is 9.03. The molecule has 0 radical (unpaired) electrons. The molecule has 1 unspecified atom stereocenters. The summed E-state index contributed by atoms with van der Waals surface area (Å²) in [5.41, 5.74) is 0. The maximum Gasteiger partial charge on any atom is 0.0947 e. The zero-order valence-electron chi connectivity index (χ0n) is 4.90. The molecule has 9 heavy (non-hydrogen) atoms. The normalized spacial score (nSPS) is 43.7. The zero-order chi connectivity index (χ0) is 6.85. The number of hydrogen-bond acceptors (Lipinski definition) is 4. The van der Waals surface area contributed by atoms with Gasteiger partial charge in [-0.25, -0.2) is 0 Å². The van der Waals surface area contributed by atoms with Crippen LogP contribution in [0.1, 0.15) is 0 Å². The molecule has 1 aliphatic rings. The van der Waals surface area contributed by atoms with E-state index in [4.69, 9.17) is 15.3 Å². The molecule has 4 heteroatoms. The second kappa shape index (κ2) is 2.88. The molecule has 3 atom stereocenters. The molecule has 1 rings (SSSR count). The lowest BCUT2D eigenvalue weighted by Gasteiger charge is -2.11. The number of aliphatic hydroxyl groups is 3. The summed E-state index contributed by atoms with van der Waals surface area (Å²) in [5, 5.41) is 26.3. The molecule has 0 bridgehead atoms. The van der Waals surface area contributed by atoms with Crippen molar-refractivity contribution >= 4 is 11.8 Å². The number of aliphatic hydroxyl groups excluding tert-OH is 3. The van der Waals surface area contributed by atoms with Crippen LogP contribution in [0, 0.1) is 0 Å². The molecule has 0 aromatic rings. The quantitative estimate of drug-likeness (QED) is 0.440. The van der Waals surface area contributed by atoms with Crippen molar-refractivity contribution in [2.45, 2.75) is 17.5 Å². The molecular formula is C5H10O3S. The van der Waals surface area contributed by atoms with Gasteiger partial charge in [0, 0.05) is 5.75 Å². The highest BCUT2D eigenvalue weighted by molar-refractivity contribution is 8.00. The van der Waals surface area contributed by atoms with Gasteiger partial charge in [-0.1, -0.05) is 0 Å². The van der Waals surface area contributed by atoms with Crippen molar-refractivity contribution < 1.29 is 15.3 Å². The van der Waals surface area contributed by atoms with Gasteiger partial charge >= 0.3 is 0 Å². The van der Waals surface area contributed by atoms with E-state index in [0.717, 1.165) is 0 Å². The van der Waals surface area contributed by atoms with E-state index in [0.29, 0.717) is 5.75 Å². The van der Waals surface area contributed by atoms with Gasteiger partial charge in [0.25, 0.3) is 0 Å². The van der Waals surface area contributed by atoms with Crippen LogP contribution in [0.3, 0.4) is 0 Å². The standard InChI is InChI=1S/C5H10O3S/c6-1-4-5(8)3(7)2-9-4/h3-8H,1-2H2/t3?,4-,5+/m1/s1. The topological polar surface area (TPSA) is 60.7 Å². The van der Waals surface area contributed by atoms with Crippen LogP contribution in [-0.2, 0) is 0 Å². The van der Waals surface area contributed by atoms with Crippen molar-refractivity contribution in [3.05, 3.63) is 0 Å². The zero-order valence-corrected chi connectivity index (χ0v) is 5.71. The van der Waals surface area contributed by atoms with E-state index in [-0.39, 0.29) is 11.9 Å². The van der Waals surface area contributed by atoms with E-state index in [9.17, 15) is 0 Å². The summed E-state index contributed by atoms with van der Waals surface area (Å²) >= 11 is 1.41. The van der Waals surface area contributed by atoms with Gasteiger partial charge in [0.15, 0.2) is 0 Å². The van der Waals surface area contributed by atoms with Crippen LogP contribution in [0.15, 0.2) is 0 Å². The predicted molar refractivity (Wildman–Crippen MR) is 35.3 cm³/mol. The Balaban J connectivity index is 2.41. The van der Waals surface area contributed by atoms with Gasteiger partial charge in [-0.2, -0.15) is 11.8 Å². The van der Waals surface area contributed by atoms with Crippen LogP contribution in [0.2, 0.25) is 0 Å². The second-order valence-corrected chi connectivity index (χ2v) is 3.38. The number of thioether (sulfide) groups is 1. The smallest absolute Gasteiger partial charge is 0.0947 e. The van der Waals surface area contributed by atoms with Crippen LogP contribution in [0.25, 0.3) is 0 Å². The molecule has 0 aromatic carbocycles. The third-order valence-corrected chi connectivity index (χ3v) is 2.83. The average Bonchev–Trinajstić information content (AvgIpc) is 2.15. The third kappa shape index (κ3) is 1.38. The molecule has 3 nitrogen and oxygen atoms in total. The van der Waals surface area contributed by atoms with Crippen molar-refractivity contribution in [1.29, 1.82) is 0 Å². The van der Waals surface area contributed by atoms with Crippen molar-refractivity contribution in [3.63, 3.8) is 0 Å². The first-order chi connectivity index (χ1) is 4.25. The molecule has 0 amide bonds. The summed E-state index contributed by atoms with van der Waals surface area (Å²) in [6, 6.07) is 0. The first-order valence-corrected chi connectivity index (χ1v) is 3.89. The van der Waals surface area contributed by atoms with Gasteiger partial charge in [-0.15, -0.1) is 0 Å². The lowest BCUT2D eigenvalue weighted by atomic mass is 10.2. The Morgan fingerprint density at radius 1 is 1.44 bits per heavy atom. The van der Waals surface area contributed by atoms with Crippen LogP contribution >= 0.6 is 11.8 Å². The van der Waals surface area contributed by atoms with Crippen molar-refractivity contribution in [3.8, 4) is 0 Å².